The van der Waals surface area contributed by atoms with Crippen molar-refractivity contribution in [1.82, 2.24) is 14.4 Å². The quantitative estimate of drug-likeness (QED) is 0.837. The van der Waals surface area contributed by atoms with Crippen LogP contribution in [0.5, 0.6) is 0 Å². The van der Waals surface area contributed by atoms with Crippen LogP contribution in [0.3, 0.4) is 0 Å². The largest absolute Gasteiger partial charge is 0.351 e. The number of likely N-dealkylation sites (tertiary alicyclic amines) is 1. The van der Waals surface area contributed by atoms with Crippen molar-refractivity contribution in [3.05, 3.63) is 36.0 Å². The molecule has 1 aliphatic heterocycles. The third kappa shape index (κ3) is 3.53. The Labute approximate surface area is 134 Å². The number of piperidine rings is 1. The van der Waals surface area contributed by atoms with E-state index in [1.807, 2.05) is 0 Å². The van der Waals surface area contributed by atoms with E-state index in [1.165, 1.54) is 48.8 Å². The lowest BCUT2D eigenvalue weighted by atomic mass is 10.0. The molecule has 120 valence electrons. The SMILES string of the molecule is C[C@H]1CCCCN1CCN(C)Cc1ccc2c(ccn2C)c1. The predicted molar refractivity (Wildman–Crippen MR) is 94.1 cm³/mol. The minimum Gasteiger partial charge on any atom is -0.351 e. The molecule has 1 atom stereocenters. The van der Waals surface area contributed by atoms with Crippen LogP contribution in [0.1, 0.15) is 31.7 Å². The molecule has 1 saturated heterocycles. The van der Waals surface area contributed by atoms with Gasteiger partial charge in [0.15, 0.2) is 0 Å². The molecule has 3 rings (SSSR count). The van der Waals surface area contributed by atoms with Gasteiger partial charge in [-0.25, -0.2) is 0 Å². The fourth-order valence-corrected chi connectivity index (χ4v) is 3.61. The first-order valence-electron chi connectivity index (χ1n) is 8.60. The van der Waals surface area contributed by atoms with E-state index in [0.29, 0.717) is 0 Å². The second kappa shape index (κ2) is 6.84. The first-order valence-corrected chi connectivity index (χ1v) is 8.60. The first kappa shape index (κ1) is 15.6. The average Bonchev–Trinajstić information content (AvgIpc) is 2.87. The summed E-state index contributed by atoms with van der Waals surface area (Å²) in [6.07, 6.45) is 6.29. The van der Waals surface area contributed by atoms with E-state index in [4.69, 9.17) is 0 Å². The van der Waals surface area contributed by atoms with Crippen LogP contribution in [0, 0.1) is 0 Å². The summed E-state index contributed by atoms with van der Waals surface area (Å²) < 4.78 is 2.18. The van der Waals surface area contributed by atoms with Crippen LogP contribution < -0.4 is 0 Å². The van der Waals surface area contributed by atoms with Crippen LogP contribution in [0.15, 0.2) is 30.5 Å². The van der Waals surface area contributed by atoms with Gasteiger partial charge in [-0.3, -0.25) is 4.90 Å². The third-order valence-electron chi connectivity index (χ3n) is 5.11. The van der Waals surface area contributed by atoms with Crippen molar-refractivity contribution in [2.24, 2.45) is 7.05 Å². The lowest BCUT2D eigenvalue weighted by molar-refractivity contribution is 0.141. The molecule has 0 bridgehead atoms. The third-order valence-corrected chi connectivity index (χ3v) is 5.11. The van der Waals surface area contributed by atoms with Crippen LogP contribution in [-0.2, 0) is 13.6 Å². The summed E-state index contributed by atoms with van der Waals surface area (Å²) in [6.45, 7) is 7.04. The molecule has 0 spiro atoms. The minimum absolute atomic E-state index is 0.766. The van der Waals surface area contributed by atoms with Gasteiger partial charge in [0.1, 0.15) is 0 Å². The summed E-state index contributed by atoms with van der Waals surface area (Å²) in [5.41, 5.74) is 2.72. The standard InChI is InChI=1S/C19H29N3/c1-16-6-4-5-10-22(16)13-12-20(2)15-17-7-8-19-18(14-17)9-11-21(19)3/h7-9,11,14,16H,4-6,10,12-13,15H2,1-3H3/t16-/m0/s1. The summed E-state index contributed by atoms with van der Waals surface area (Å²) in [5.74, 6) is 0. The molecule has 1 aliphatic rings. The lowest BCUT2D eigenvalue weighted by Gasteiger charge is -2.34. The molecule has 0 radical (unpaired) electrons. The van der Waals surface area contributed by atoms with Crippen LogP contribution >= 0.6 is 0 Å². The highest BCUT2D eigenvalue weighted by Gasteiger charge is 2.17. The van der Waals surface area contributed by atoms with Gasteiger partial charge in [-0.1, -0.05) is 12.5 Å². The van der Waals surface area contributed by atoms with Gasteiger partial charge in [0, 0.05) is 44.4 Å². The molecule has 1 aromatic heterocycles. The van der Waals surface area contributed by atoms with E-state index in [9.17, 15) is 0 Å². The zero-order valence-electron chi connectivity index (χ0n) is 14.3. The van der Waals surface area contributed by atoms with E-state index < -0.39 is 0 Å². The second-order valence-corrected chi connectivity index (χ2v) is 6.94. The van der Waals surface area contributed by atoms with Gasteiger partial charge in [-0.15, -0.1) is 0 Å². The smallest absolute Gasteiger partial charge is 0.0477 e. The Hall–Kier alpha value is -1.32. The Morgan fingerprint density at radius 2 is 2.09 bits per heavy atom. The van der Waals surface area contributed by atoms with Crippen molar-refractivity contribution >= 4 is 10.9 Å². The van der Waals surface area contributed by atoms with E-state index >= 15 is 0 Å². The summed E-state index contributed by atoms with van der Waals surface area (Å²) in [6, 6.07) is 9.81. The summed E-state index contributed by atoms with van der Waals surface area (Å²) in [4.78, 5) is 5.10. The number of rotatable bonds is 5. The van der Waals surface area contributed by atoms with Crippen molar-refractivity contribution in [3.63, 3.8) is 0 Å². The number of aromatic nitrogens is 1. The molecule has 0 saturated carbocycles. The molecule has 0 aliphatic carbocycles. The van der Waals surface area contributed by atoms with Gasteiger partial charge in [-0.05, 0) is 62.5 Å². The number of fused-ring (bicyclic) bond motifs is 1. The van der Waals surface area contributed by atoms with Gasteiger partial charge in [0.25, 0.3) is 0 Å². The Kier molecular flexibility index (Phi) is 4.84. The van der Waals surface area contributed by atoms with E-state index in [-0.39, 0.29) is 0 Å². The Morgan fingerprint density at radius 1 is 1.23 bits per heavy atom. The van der Waals surface area contributed by atoms with E-state index in [0.717, 1.165) is 19.1 Å². The molecule has 0 N–H and O–H groups in total. The molecule has 0 amide bonds. The molecule has 22 heavy (non-hydrogen) atoms. The van der Waals surface area contributed by atoms with Crippen molar-refractivity contribution < 1.29 is 0 Å². The maximum absolute atomic E-state index is 2.65. The van der Waals surface area contributed by atoms with Crippen molar-refractivity contribution in [2.75, 3.05) is 26.7 Å². The fourth-order valence-electron chi connectivity index (χ4n) is 3.61. The van der Waals surface area contributed by atoms with Gasteiger partial charge >= 0.3 is 0 Å². The van der Waals surface area contributed by atoms with Crippen LogP contribution in [0.2, 0.25) is 0 Å². The molecule has 0 unspecified atom stereocenters. The topological polar surface area (TPSA) is 11.4 Å². The van der Waals surface area contributed by atoms with Crippen LogP contribution in [0.25, 0.3) is 10.9 Å². The normalized spacial score (nSPS) is 20.1. The van der Waals surface area contributed by atoms with Crippen molar-refractivity contribution in [3.8, 4) is 0 Å². The number of benzene rings is 1. The monoisotopic (exact) mass is 299 g/mol. The fraction of sp³-hybridized carbons (Fsp3) is 0.579. The maximum Gasteiger partial charge on any atom is 0.0477 e. The number of hydrogen-bond acceptors (Lipinski definition) is 2. The number of hydrogen-bond donors (Lipinski definition) is 0. The van der Waals surface area contributed by atoms with Gasteiger partial charge in [0.2, 0.25) is 0 Å². The first-order chi connectivity index (χ1) is 10.6. The van der Waals surface area contributed by atoms with Crippen LogP contribution in [0.4, 0.5) is 0 Å². The zero-order chi connectivity index (χ0) is 15.5. The van der Waals surface area contributed by atoms with Crippen molar-refractivity contribution in [1.29, 1.82) is 0 Å². The predicted octanol–water partition coefficient (Wildman–Crippen LogP) is 3.48. The van der Waals surface area contributed by atoms with E-state index in [1.54, 1.807) is 0 Å². The molecule has 2 aromatic rings. The zero-order valence-corrected chi connectivity index (χ0v) is 14.3. The summed E-state index contributed by atoms with van der Waals surface area (Å²) >= 11 is 0. The molecule has 3 heteroatoms. The number of nitrogens with zero attached hydrogens (tertiary/aromatic N) is 3. The molecule has 2 heterocycles. The summed E-state index contributed by atoms with van der Waals surface area (Å²) in [5, 5.41) is 1.35. The Morgan fingerprint density at radius 3 is 2.91 bits per heavy atom. The Bertz CT molecular complexity index is 616. The van der Waals surface area contributed by atoms with Crippen LogP contribution in [-0.4, -0.2) is 47.1 Å². The minimum atomic E-state index is 0.766. The highest BCUT2D eigenvalue weighted by Crippen LogP contribution is 2.18. The van der Waals surface area contributed by atoms with Crippen molar-refractivity contribution in [2.45, 2.75) is 38.8 Å². The van der Waals surface area contributed by atoms with E-state index in [2.05, 4.69) is 65.8 Å². The van der Waals surface area contributed by atoms with Gasteiger partial charge in [0.05, 0.1) is 0 Å². The number of likely N-dealkylation sites (N-methyl/N-ethyl adjacent to an activating group) is 1. The molecule has 1 fully saturated rings. The molecule has 1 aromatic carbocycles. The lowest BCUT2D eigenvalue weighted by Crippen LogP contribution is -2.41. The molecular weight excluding hydrogens is 270 g/mol. The highest BCUT2D eigenvalue weighted by molar-refractivity contribution is 5.80. The highest BCUT2D eigenvalue weighted by atomic mass is 15.2. The molecule has 3 nitrogen and oxygen atoms in total. The summed E-state index contributed by atoms with van der Waals surface area (Å²) in [7, 11) is 4.34. The van der Waals surface area contributed by atoms with Gasteiger partial charge in [-0.2, -0.15) is 0 Å². The molecular formula is C19H29N3. The average molecular weight is 299 g/mol. The van der Waals surface area contributed by atoms with Gasteiger partial charge < -0.3 is 9.47 Å². The second-order valence-electron chi connectivity index (χ2n) is 6.94. The Balaban J connectivity index is 1.54. The number of aryl methyl sites for hydroxylation is 1. The maximum atomic E-state index is 2.65.